The lowest BCUT2D eigenvalue weighted by molar-refractivity contribution is -0.0946. The predicted octanol–water partition coefficient (Wildman–Crippen LogP) is 3.99. The van der Waals surface area contributed by atoms with Crippen molar-refractivity contribution in [2.75, 3.05) is 30.8 Å². The van der Waals surface area contributed by atoms with Gasteiger partial charge in [-0.2, -0.15) is 10.2 Å². The van der Waals surface area contributed by atoms with Gasteiger partial charge in [0.2, 0.25) is 10.0 Å². The summed E-state index contributed by atoms with van der Waals surface area (Å²) in [5.41, 5.74) is 4.14. The van der Waals surface area contributed by atoms with Gasteiger partial charge in [-0.3, -0.25) is 14.4 Å². The van der Waals surface area contributed by atoms with Crippen molar-refractivity contribution in [1.82, 2.24) is 24.4 Å². The second-order valence-electron chi connectivity index (χ2n) is 9.48. The topological polar surface area (TPSA) is 113 Å². The number of sulfonamides is 1. The molecule has 40 heavy (non-hydrogen) atoms. The Morgan fingerprint density at radius 2 is 1.82 bits per heavy atom. The molecule has 1 N–H and O–H groups in total. The Kier molecular flexibility index (Phi) is 6.78. The van der Waals surface area contributed by atoms with E-state index in [-0.39, 0.29) is 23.0 Å². The largest absolute Gasteiger partial charge is 0.376 e. The summed E-state index contributed by atoms with van der Waals surface area (Å²) < 4.78 is 69.1. The molecule has 1 aliphatic heterocycles. The fraction of sp³-hybridized carbons (Fsp3) is 0.222. The number of nitrogens with zero attached hydrogens (tertiary/aromatic N) is 5. The van der Waals surface area contributed by atoms with E-state index in [4.69, 9.17) is 9.47 Å². The Morgan fingerprint density at radius 3 is 2.60 bits per heavy atom. The quantitative estimate of drug-likeness (QED) is 0.317. The predicted molar refractivity (Wildman–Crippen MR) is 144 cm³/mol. The summed E-state index contributed by atoms with van der Waals surface area (Å²) in [4.78, 5) is 3.88. The smallest absolute Gasteiger partial charge is 0.229 e. The summed E-state index contributed by atoms with van der Waals surface area (Å²) in [5.74, 6) is -1.68. The highest BCUT2D eigenvalue weighted by molar-refractivity contribution is 7.92. The molecule has 0 amide bonds. The number of nitrogens with one attached hydrogen (secondary N) is 1. The first kappa shape index (κ1) is 26.0. The van der Waals surface area contributed by atoms with Gasteiger partial charge in [-0.05, 0) is 29.8 Å². The summed E-state index contributed by atoms with van der Waals surface area (Å²) in [6.07, 6.45) is 9.08. The van der Waals surface area contributed by atoms with E-state index in [2.05, 4.69) is 19.9 Å². The van der Waals surface area contributed by atoms with Crippen molar-refractivity contribution < 1.29 is 26.7 Å². The van der Waals surface area contributed by atoms with Gasteiger partial charge in [0.05, 0.1) is 56.7 Å². The third kappa shape index (κ3) is 5.57. The van der Waals surface area contributed by atoms with Crippen LogP contribution >= 0.6 is 0 Å². The average Bonchev–Trinajstić information content (AvgIpc) is 3.55. The number of hydrogen-bond acceptors (Lipinski definition) is 7. The highest BCUT2D eigenvalue weighted by atomic mass is 32.2. The number of benzene rings is 1. The molecule has 6 rings (SSSR count). The third-order valence-electron chi connectivity index (χ3n) is 6.39. The maximum Gasteiger partial charge on any atom is 0.229 e. The Morgan fingerprint density at radius 1 is 0.975 bits per heavy atom. The van der Waals surface area contributed by atoms with Crippen molar-refractivity contribution in [1.29, 1.82) is 0 Å². The summed E-state index contributed by atoms with van der Waals surface area (Å²) in [7, 11) is -3.63. The first-order valence-electron chi connectivity index (χ1n) is 12.4. The number of rotatable bonds is 7. The Labute approximate surface area is 228 Å². The van der Waals surface area contributed by atoms with E-state index < -0.39 is 21.7 Å². The van der Waals surface area contributed by atoms with Gasteiger partial charge in [0.15, 0.2) is 5.82 Å². The van der Waals surface area contributed by atoms with Gasteiger partial charge in [-0.15, -0.1) is 0 Å². The van der Waals surface area contributed by atoms with Crippen LogP contribution in [0.1, 0.15) is 0 Å². The van der Waals surface area contributed by atoms with Crippen LogP contribution in [0.5, 0.6) is 0 Å². The molecule has 0 aliphatic carbocycles. The number of ether oxygens (including phenoxy) is 2. The van der Waals surface area contributed by atoms with Crippen molar-refractivity contribution in [3.05, 3.63) is 79.0 Å². The molecule has 0 saturated carbocycles. The van der Waals surface area contributed by atoms with Gasteiger partial charge in [0.25, 0.3) is 0 Å². The maximum absolute atomic E-state index is 14.6. The van der Waals surface area contributed by atoms with Crippen LogP contribution in [0.15, 0.2) is 67.4 Å². The Bertz CT molecular complexity index is 1820. The fourth-order valence-electron chi connectivity index (χ4n) is 4.66. The zero-order valence-corrected chi connectivity index (χ0v) is 22.1. The minimum atomic E-state index is -3.63. The molecule has 1 aliphatic rings. The van der Waals surface area contributed by atoms with Gasteiger partial charge in [0.1, 0.15) is 17.6 Å². The van der Waals surface area contributed by atoms with Crippen molar-refractivity contribution in [3.8, 4) is 33.5 Å². The summed E-state index contributed by atoms with van der Waals surface area (Å²) in [6, 6.07) is 9.27. The summed E-state index contributed by atoms with van der Waals surface area (Å²) in [6.45, 7) is 2.29. The van der Waals surface area contributed by atoms with Crippen molar-refractivity contribution >= 4 is 21.2 Å². The van der Waals surface area contributed by atoms with E-state index in [9.17, 15) is 17.2 Å². The first-order valence-corrected chi connectivity index (χ1v) is 14.3. The number of halogens is 2. The van der Waals surface area contributed by atoms with Crippen molar-refractivity contribution in [2.24, 2.45) is 0 Å². The molecule has 5 aromatic rings. The van der Waals surface area contributed by atoms with Crippen LogP contribution in [-0.2, 0) is 26.0 Å². The highest BCUT2D eigenvalue weighted by Gasteiger charge is 2.17. The normalized spacial score (nSPS) is 15.9. The van der Waals surface area contributed by atoms with Crippen LogP contribution in [0.25, 0.3) is 39.0 Å². The van der Waals surface area contributed by atoms with Crippen LogP contribution in [-0.4, -0.2) is 65.0 Å². The summed E-state index contributed by atoms with van der Waals surface area (Å²) in [5, 5.41) is 8.94. The van der Waals surface area contributed by atoms with Crippen molar-refractivity contribution in [2.45, 2.75) is 12.6 Å². The monoisotopic (exact) mass is 566 g/mol. The first-order chi connectivity index (χ1) is 19.2. The molecule has 1 atom stereocenters. The zero-order chi connectivity index (χ0) is 27.9. The minimum absolute atomic E-state index is 0.0471. The molecule has 1 saturated heterocycles. The van der Waals surface area contributed by atoms with E-state index in [0.29, 0.717) is 37.5 Å². The number of anilines is 1. The van der Waals surface area contributed by atoms with Gasteiger partial charge < -0.3 is 9.47 Å². The molecule has 4 aromatic heterocycles. The van der Waals surface area contributed by atoms with E-state index in [1.807, 2.05) is 29.2 Å². The standard InChI is InChI=1S/C27H24F2N6O4S/c1-40(36,37)33-22-7-18(6-19(8-22)27-25(29)9-21(28)11-30-27)24-12-32-35-14-17(2-3-26(24)35)20-10-31-34(13-20)15-23-16-38-4-5-39-23/h2-3,6-14,23,33H,4-5,15-16H2,1H3. The lowest BCUT2D eigenvalue weighted by atomic mass is 10.0. The molecule has 1 unspecified atom stereocenters. The molecular weight excluding hydrogens is 542 g/mol. The van der Waals surface area contributed by atoms with E-state index in [0.717, 1.165) is 35.2 Å². The fourth-order valence-corrected chi connectivity index (χ4v) is 5.21. The molecule has 1 aromatic carbocycles. The molecule has 206 valence electrons. The Hall–Kier alpha value is -4.20. The van der Waals surface area contributed by atoms with Gasteiger partial charge in [-0.1, -0.05) is 6.07 Å². The second kappa shape index (κ2) is 10.4. The van der Waals surface area contributed by atoms with E-state index >= 15 is 0 Å². The summed E-state index contributed by atoms with van der Waals surface area (Å²) >= 11 is 0. The van der Waals surface area contributed by atoms with Gasteiger partial charge in [-0.25, -0.2) is 21.7 Å². The molecule has 0 radical (unpaired) electrons. The van der Waals surface area contributed by atoms with E-state index in [1.165, 1.54) is 6.07 Å². The third-order valence-corrected chi connectivity index (χ3v) is 6.99. The molecule has 1 fully saturated rings. The van der Waals surface area contributed by atoms with Crippen LogP contribution in [0.2, 0.25) is 0 Å². The van der Waals surface area contributed by atoms with Crippen LogP contribution < -0.4 is 4.72 Å². The maximum atomic E-state index is 14.6. The van der Waals surface area contributed by atoms with E-state index in [1.54, 1.807) is 29.0 Å². The molecule has 13 heteroatoms. The Balaban J connectivity index is 1.35. The molecular formula is C27H24F2N6O4S. The van der Waals surface area contributed by atoms with Crippen LogP contribution in [0, 0.1) is 11.6 Å². The van der Waals surface area contributed by atoms with Crippen molar-refractivity contribution in [3.63, 3.8) is 0 Å². The molecule has 5 heterocycles. The lowest BCUT2D eigenvalue weighted by Gasteiger charge is -2.22. The highest BCUT2D eigenvalue weighted by Crippen LogP contribution is 2.34. The number of pyridine rings is 2. The molecule has 0 spiro atoms. The molecule has 10 nitrogen and oxygen atoms in total. The number of aromatic nitrogens is 5. The number of fused-ring (bicyclic) bond motifs is 1. The average molecular weight is 567 g/mol. The van der Waals surface area contributed by atoms with Crippen LogP contribution in [0.3, 0.4) is 0 Å². The number of hydrogen-bond donors (Lipinski definition) is 1. The zero-order valence-electron chi connectivity index (χ0n) is 21.3. The SMILES string of the molecule is CS(=O)(=O)Nc1cc(-c2ncc(F)cc2F)cc(-c2cnn3cc(-c4cnn(CC5COCCO5)c4)ccc23)c1. The second-order valence-corrected chi connectivity index (χ2v) is 11.2. The van der Waals surface area contributed by atoms with Gasteiger partial charge >= 0.3 is 0 Å². The minimum Gasteiger partial charge on any atom is -0.376 e. The molecule has 0 bridgehead atoms. The van der Waals surface area contributed by atoms with Crippen LogP contribution in [0.4, 0.5) is 14.5 Å². The van der Waals surface area contributed by atoms with Gasteiger partial charge in [0, 0.05) is 46.4 Å². The lowest BCUT2D eigenvalue weighted by Crippen LogP contribution is -2.32.